The molecule has 0 fully saturated rings. The first-order valence-corrected chi connectivity index (χ1v) is 8.28. The number of allylic oxidation sites excluding steroid dienone is 3. The lowest BCUT2D eigenvalue weighted by atomic mass is 9.72. The van der Waals surface area contributed by atoms with E-state index in [9.17, 15) is 5.11 Å². The molecule has 120 valence electrons. The van der Waals surface area contributed by atoms with Crippen LogP contribution in [-0.4, -0.2) is 17.8 Å². The predicted molar refractivity (Wildman–Crippen MR) is 94.6 cm³/mol. The third-order valence-corrected chi connectivity index (χ3v) is 4.68. The smallest absolute Gasteiger partial charge is 0.0702 e. The van der Waals surface area contributed by atoms with Gasteiger partial charge < -0.3 is 10.8 Å². The van der Waals surface area contributed by atoms with E-state index >= 15 is 0 Å². The van der Waals surface area contributed by atoms with Gasteiger partial charge in [0.1, 0.15) is 0 Å². The summed E-state index contributed by atoms with van der Waals surface area (Å²) in [5, 5.41) is 9.69. The van der Waals surface area contributed by atoms with Crippen molar-refractivity contribution in [1.82, 2.24) is 0 Å². The van der Waals surface area contributed by atoms with Crippen LogP contribution in [0.4, 0.5) is 0 Å². The lowest BCUT2D eigenvalue weighted by Crippen LogP contribution is -2.21. The van der Waals surface area contributed by atoms with Crippen LogP contribution in [0.2, 0.25) is 0 Å². The molecule has 0 heterocycles. The Morgan fingerprint density at radius 2 is 2.09 bits per heavy atom. The normalized spacial score (nSPS) is 19.7. The Labute approximate surface area is 134 Å². The minimum atomic E-state index is -0.457. The van der Waals surface area contributed by atoms with Crippen molar-refractivity contribution in [3.63, 3.8) is 0 Å². The molecule has 3 N–H and O–H groups in total. The van der Waals surface area contributed by atoms with E-state index in [0.29, 0.717) is 13.0 Å². The summed E-state index contributed by atoms with van der Waals surface area (Å²) in [6.07, 6.45) is 8.41. The third kappa shape index (κ3) is 4.31. The average molecular weight is 299 g/mol. The van der Waals surface area contributed by atoms with E-state index in [0.717, 1.165) is 5.56 Å². The van der Waals surface area contributed by atoms with Gasteiger partial charge in [-0.15, -0.1) is 0 Å². The van der Waals surface area contributed by atoms with Gasteiger partial charge in [0.15, 0.2) is 0 Å². The summed E-state index contributed by atoms with van der Waals surface area (Å²) >= 11 is 0. The van der Waals surface area contributed by atoms with E-state index in [1.165, 1.54) is 36.0 Å². The first kappa shape index (κ1) is 17.0. The van der Waals surface area contributed by atoms with Gasteiger partial charge in [0.05, 0.1) is 6.10 Å². The molecule has 1 aromatic rings. The number of aliphatic hydroxyl groups excluding tert-OH is 1. The van der Waals surface area contributed by atoms with Crippen LogP contribution in [0.15, 0.2) is 41.5 Å². The summed E-state index contributed by atoms with van der Waals surface area (Å²) in [7, 11) is 0. The molecular weight excluding hydrogens is 270 g/mol. The fourth-order valence-corrected chi connectivity index (χ4v) is 3.37. The standard InChI is InChI=1S/C20H29NO/c1-15-6-5-11-20(2,3)19(15)10-9-16-7-4-8-17(12-16)13-18(22)14-21/h4,7-10,12,18,22H,5-6,11,13-14,21H2,1-3H3/b10-9+. The highest BCUT2D eigenvalue weighted by Gasteiger charge is 2.26. The van der Waals surface area contributed by atoms with Gasteiger partial charge in [-0.1, -0.05) is 55.8 Å². The minimum absolute atomic E-state index is 0.270. The number of benzene rings is 1. The topological polar surface area (TPSA) is 46.2 Å². The molecule has 2 rings (SSSR count). The largest absolute Gasteiger partial charge is 0.391 e. The van der Waals surface area contributed by atoms with E-state index in [-0.39, 0.29) is 5.41 Å². The molecule has 2 heteroatoms. The fraction of sp³-hybridized carbons (Fsp3) is 0.500. The van der Waals surface area contributed by atoms with Crippen LogP contribution in [-0.2, 0) is 6.42 Å². The van der Waals surface area contributed by atoms with E-state index in [1.54, 1.807) is 0 Å². The second-order valence-electron chi connectivity index (χ2n) is 7.10. The van der Waals surface area contributed by atoms with Crippen LogP contribution in [0.3, 0.4) is 0 Å². The maximum atomic E-state index is 9.69. The lowest BCUT2D eigenvalue weighted by molar-refractivity contribution is 0.183. The second-order valence-corrected chi connectivity index (χ2v) is 7.10. The van der Waals surface area contributed by atoms with Crippen LogP contribution < -0.4 is 5.73 Å². The van der Waals surface area contributed by atoms with Crippen LogP contribution >= 0.6 is 0 Å². The number of rotatable bonds is 5. The van der Waals surface area contributed by atoms with E-state index in [1.807, 2.05) is 12.1 Å². The van der Waals surface area contributed by atoms with Gasteiger partial charge in [-0.05, 0) is 54.7 Å². The van der Waals surface area contributed by atoms with Crippen LogP contribution in [0, 0.1) is 5.41 Å². The molecule has 0 saturated heterocycles. The molecule has 0 amide bonds. The van der Waals surface area contributed by atoms with Gasteiger partial charge in [-0.25, -0.2) is 0 Å². The Bertz CT molecular complexity index is 569. The maximum absolute atomic E-state index is 9.69. The molecule has 2 nitrogen and oxygen atoms in total. The second kappa shape index (κ2) is 7.26. The number of aliphatic hydroxyl groups is 1. The molecule has 1 unspecified atom stereocenters. The molecule has 0 aromatic heterocycles. The summed E-state index contributed by atoms with van der Waals surface area (Å²) in [6.45, 7) is 7.24. The fourth-order valence-electron chi connectivity index (χ4n) is 3.37. The van der Waals surface area contributed by atoms with Crippen LogP contribution in [0.5, 0.6) is 0 Å². The van der Waals surface area contributed by atoms with Gasteiger partial charge in [-0.3, -0.25) is 0 Å². The molecule has 1 atom stereocenters. The third-order valence-electron chi connectivity index (χ3n) is 4.68. The molecule has 1 aromatic carbocycles. The summed E-state index contributed by atoms with van der Waals surface area (Å²) in [4.78, 5) is 0. The van der Waals surface area contributed by atoms with Crippen molar-refractivity contribution in [2.75, 3.05) is 6.54 Å². The van der Waals surface area contributed by atoms with Gasteiger partial charge in [0.2, 0.25) is 0 Å². The Morgan fingerprint density at radius 1 is 1.32 bits per heavy atom. The predicted octanol–water partition coefficient (Wildman–Crippen LogP) is 4.09. The molecule has 22 heavy (non-hydrogen) atoms. The van der Waals surface area contributed by atoms with Crippen molar-refractivity contribution in [2.24, 2.45) is 11.1 Å². The molecule has 0 spiro atoms. The first-order valence-electron chi connectivity index (χ1n) is 8.28. The maximum Gasteiger partial charge on any atom is 0.0702 e. The average Bonchev–Trinajstić information content (AvgIpc) is 2.46. The SMILES string of the molecule is CC1=C(/C=C/c2cccc(CC(O)CN)c2)C(C)(C)CCC1. The van der Waals surface area contributed by atoms with Crippen LogP contribution in [0.25, 0.3) is 6.08 Å². The molecule has 1 aliphatic carbocycles. The van der Waals surface area contributed by atoms with Gasteiger partial charge in [0, 0.05) is 6.54 Å². The van der Waals surface area contributed by atoms with Gasteiger partial charge in [-0.2, -0.15) is 0 Å². The van der Waals surface area contributed by atoms with E-state index < -0.39 is 6.10 Å². The molecular formula is C20H29NO. The highest BCUT2D eigenvalue weighted by atomic mass is 16.3. The Hall–Kier alpha value is -1.38. The molecule has 1 aliphatic rings. The zero-order valence-electron chi connectivity index (χ0n) is 14.1. The Balaban J connectivity index is 2.18. The minimum Gasteiger partial charge on any atom is -0.391 e. The quantitative estimate of drug-likeness (QED) is 0.860. The van der Waals surface area contributed by atoms with Crippen molar-refractivity contribution in [3.8, 4) is 0 Å². The monoisotopic (exact) mass is 299 g/mol. The highest BCUT2D eigenvalue weighted by Crippen LogP contribution is 2.40. The Kier molecular flexibility index (Phi) is 5.60. The Morgan fingerprint density at radius 3 is 2.77 bits per heavy atom. The summed E-state index contributed by atoms with van der Waals surface area (Å²) in [5.41, 5.74) is 11.1. The molecule has 0 saturated carbocycles. The number of hydrogen-bond donors (Lipinski definition) is 2. The molecule has 0 bridgehead atoms. The zero-order chi connectivity index (χ0) is 16.2. The number of hydrogen-bond acceptors (Lipinski definition) is 2. The van der Waals surface area contributed by atoms with E-state index in [2.05, 4.69) is 45.1 Å². The summed E-state index contributed by atoms with van der Waals surface area (Å²) < 4.78 is 0. The summed E-state index contributed by atoms with van der Waals surface area (Å²) in [6, 6.07) is 8.35. The van der Waals surface area contributed by atoms with Crippen molar-refractivity contribution < 1.29 is 5.11 Å². The van der Waals surface area contributed by atoms with Crippen molar-refractivity contribution in [1.29, 1.82) is 0 Å². The van der Waals surface area contributed by atoms with Crippen LogP contribution in [0.1, 0.15) is 51.2 Å². The molecule has 0 aliphatic heterocycles. The first-order chi connectivity index (χ1) is 10.4. The van der Waals surface area contributed by atoms with Crippen molar-refractivity contribution in [3.05, 3.63) is 52.6 Å². The van der Waals surface area contributed by atoms with Crippen molar-refractivity contribution in [2.45, 2.75) is 52.6 Å². The highest BCUT2D eigenvalue weighted by molar-refractivity contribution is 5.55. The van der Waals surface area contributed by atoms with E-state index in [4.69, 9.17) is 5.73 Å². The van der Waals surface area contributed by atoms with Crippen molar-refractivity contribution >= 4 is 6.08 Å². The lowest BCUT2D eigenvalue weighted by Gasteiger charge is -2.32. The van der Waals surface area contributed by atoms with Gasteiger partial charge in [0.25, 0.3) is 0 Å². The van der Waals surface area contributed by atoms with Gasteiger partial charge >= 0.3 is 0 Å². The zero-order valence-corrected chi connectivity index (χ0v) is 14.1. The summed E-state index contributed by atoms with van der Waals surface area (Å²) in [5.74, 6) is 0. The molecule has 0 radical (unpaired) electrons. The number of nitrogens with two attached hydrogens (primary N) is 1.